The highest BCUT2D eigenvalue weighted by Crippen LogP contribution is 2.26. The van der Waals surface area contributed by atoms with Gasteiger partial charge in [0.05, 0.1) is 6.54 Å². The minimum absolute atomic E-state index is 0.0652. The van der Waals surface area contributed by atoms with E-state index in [0.29, 0.717) is 30.0 Å². The molecule has 0 aliphatic carbocycles. The van der Waals surface area contributed by atoms with Gasteiger partial charge in [0.1, 0.15) is 17.5 Å². The molecule has 2 amide bonds. The molecule has 2 fully saturated rings. The molecule has 2 aliphatic rings. The standard InChI is InChI=1S/C24H27N3O5/c28-22(27-16-18(14-21(27)24(30)31)26-12-4-5-13-26)15-25-23(29)17-8-10-20(11-9-17)32-19-6-2-1-3-7-19/h1-3,6-11,18,21H,4-5,12-16H2,(H,25,29)(H,30,31)/t18-,21+/m1/s1. The SMILES string of the molecule is O=C(NCC(=O)N1C[C@H](N2CCCC2)C[C@H]1C(=O)O)c1ccc(Oc2ccccc2)cc1. The molecule has 2 aliphatic heterocycles. The molecule has 0 bridgehead atoms. The lowest BCUT2D eigenvalue weighted by atomic mass is 10.1. The van der Waals surface area contributed by atoms with Gasteiger partial charge in [0.2, 0.25) is 5.91 Å². The Balaban J connectivity index is 1.31. The number of carboxylic acid groups (broad SMARTS) is 1. The zero-order valence-electron chi connectivity index (χ0n) is 17.8. The quantitative estimate of drug-likeness (QED) is 0.690. The largest absolute Gasteiger partial charge is 0.480 e. The predicted molar refractivity (Wildman–Crippen MR) is 118 cm³/mol. The molecule has 0 unspecified atom stereocenters. The molecule has 2 atom stereocenters. The van der Waals surface area contributed by atoms with Crippen LogP contribution in [0.3, 0.4) is 0 Å². The van der Waals surface area contributed by atoms with Crippen molar-refractivity contribution in [2.24, 2.45) is 0 Å². The monoisotopic (exact) mass is 437 g/mol. The number of likely N-dealkylation sites (tertiary alicyclic amines) is 2. The second kappa shape index (κ2) is 9.82. The van der Waals surface area contributed by atoms with Gasteiger partial charge in [-0.15, -0.1) is 0 Å². The maximum atomic E-state index is 12.7. The van der Waals surface area contributed by atoms with Crippen molar-refractivity contribution in [1.82, 2.24) is 15.1 Å². The molecule has 0 radical (unpaired) electrons. The van der Waals surface area contributed by atoms with Gasteiger partial charge in [-0.1, -0.05) is 18.2 Å². The number of hydrogen-bond donors (Lipinski definition) is 2. The van der Waals surface area contributed by atoms with Crippen LogP contribution in [0.2, 0.25) is 0 Å². The van der Waals surface area contributed by atoms with Crippen LogP contribution in [-0.2, 0) is 9.59 Å². The summed E-state index contributed by atoms with van der Waals surface area (Å²) in [6.45, 7) is 2.04. The number of nitrogens with one attached hydrogen (secondary N) is 1. The van der Waals surface area contributed by atoms with Crippen LogP contribution in [0.1, 0.15) is 29.6 Å². The van der Waals surface area contributed by atoms with E-state index in [4.69, 9.17) is 4.74 Å². The normalized spacial score (nSPS) is 20.8. The third kappa shape index (κ3) is 5.08. The second-order valence-electron chi connectivity index (χ2n) is 8.15. The van der Waals surface area contributed by atoms with Gasteiger partial charge in [-0.25, -0.2) is 4.79 Å². The predicted octanol–water partition coefficient (Wildman–Crippen LogP) is 2.36. The lowest BCUT2D eigenvalue weighted by Crippen LogP contribution is -2.46. The summed E-state index contributed by atoms with van der Waals surface area (Å²) >= 11 is 0. The van der Waals surface area contributed by atoms with Crippen LogP contribution in [0.15, 0.2) is 54.6 Å². The number of rotatable bonds is 7. The van der Waals surface area contributed by atoms with Gasteiger partial charge in [0, 0.05) is 18.2 Å². The van der Waals surface area contributed by atoms with E-state index in [9.17, 15) is 19.5 Å². The van der Waals surface area contributed by atoms with E-state index in [-0.39, 0.29) is 18.5 Å². The number of hydrogen-bond acceptors (Lipinski definition) is 5. The smallest absolute Gasteiger partial charge is 0.326 e. The highest BCUT2D eigenvalue weighted by Gasteiger charge is 2.42. The Bertz CT molecular complexity index is 957. The van der Waals surface area contributed by atoms with Gasteiger partial charge in [-0.3, -0.25) is 14.5 Å². The number of aliphatic carboxylic acids is 1. The molecule has 168 valence electrons. The molecule has 8 heteroatoms. The molecule has 0 saturated carbocycles. The topological polar surface area (TPSA) is 99.2 Å². The van der Waals surface area contributed by atoms with Crippen LogP contribution in [0.4, 0.5) is 0 Å². The highest BCUT2D eigenvalue weighted by atomic mass is 16.5. The van der Waals surface area contributed by atoms with Gasteiger partial charge in [-0.2, -0.15) is 0 Å². The highest BCUT2D eigenvalue weighted by molar-refractivity contribution is 5.97. The summed E-state index contributed by atoms with van der Waals surface area (Å²) in [4.78, 5) is 40.5. The van der Waals surface area contributed by atoms with E-state index in [1.54, 1.807) is 24.3 Å². The van der Waals surface area contributed by atoms with Crippen LogP contribution in [0.25, 0.3) is 0 Å². The molecule has 0 spiro atoms. The summed E-state index contributed by atoms with van der Waals surface area (Å²) in [7, 11) is 0. The third-order valence-electron chi connectivity index (χ3n) is 6.04. The Hall–Kier alpha value is -3.39. The van der Waals surface area contributed by atoms with Crippen molar-refractivity contribution in [3.8, 4) is 11.5 Å². The lowest BCUT2D eigenvalue weighted by Gasteiger charge is -2.24. The first kappa shape index (κ1) is 21.8. The van der Waals surface area contributed by atoms with Crippen LogP contribution < -0.4 is 10.1 Å². The first-order chi connectivity index (χ1) is 15.5. The Kier molecular flexibility index (Phi) is 6.70. The fourth-order valence-electron chi connectivity index (χ4n) is 4.35. The summed E-state index contributed by atoms with van der Waals surface area (Å²) in [6, 6.07) is 15.1. The van der Waals surface area contributed by atoms with Gasteiger partial charge < -0.3 is 20.1 Å². The van der Waals surface area contributed by atoms with Crippen molar-refractivity contribution >= 4 is 17.8 Å². The van der Waals surface area contributed by atoms with Crippen LogP contribution in [-0.4, -0.2) is 71.0 Å². The van der Waals surface area contributed by atoms with E-state index in [2.05, 4.69) is 10.2 Å². The third-order valence-corrected chi connectivity index (χ3v) is 6.04. The molecule has 4 rings (SSSR count). The van der Waals surface area contributed by atoms with Crippen LogP contribution in [0, 0.1) is 0 Å². The molecular formula is C24H27N3O5. The van der Waals surface area contributed by atoms with Crippen LogP contribution in [0.5, 0.6) is 11.5 Å². The Morgan fingerprint density at radius 1 is 0.969 bits per heavy atom. The maximum absolute atomic E-state index is 12.7. The molecule has 0 aromatic heterocycles. The first-order valence-electron chi connectivity index (χ1n) is 10.9. The fraction of sp³-hybridized carbons (Fsp3) is 0.375. The van der Waals surface area contributed by atoms with Crippen LogP contribution >= 0.6 is 0 Å². The van der Waals surface area contributed by atoms with E-state index in [1.807, 2.05) is 30.3 Å². The number of benzene rings is 2. The van der Waals surface area contributed by atoms with Gasteiger partial charge in [-0.05, 0) is 68.8 Å². The summed E-state index contributed by atoms with van der Waals surface area (Å²) in [5.74, 6) is -0.483. The van der Waals surface area contributed by atoms with E-state index in [1.165, 1.54) is 4.90 Å². The molecule has 2 heterocycles. The summed E-state index contributed by atoms with van der Waals surface area (Å²) < 4.78 is 5.71. The Morgan fingerprint density at radius 2 is 1.62 bits per heavy atom. The fourth-order valence-corrected chi connectivity index (χ4v) is 4.35. The summed E-state index contributed by atoms with van der Waals surface area (Å²) in [5, 5.41) is 12.2. The summed E-state index contributed by atoms with van der Waals surface area (Å²) in [5.41, 5.74) is 0.393. The Morgan fingerprint density at radius 3 is 2.28 bits per heavy atom. The van der Waals surface area contributed by atoms with Crippen molar-refractivity contribution < 1.29 is 24.2 Å². The molecule has 2 saturated heterocycles. The molecule has 2 N–H and O–H groups in total. The number of amides is 2. The summed E-state index contributed by atoms with van der Waals surface area (Å²) in [6.07, 6.45) is 2.64. The minimum atomic E-state index is -1.000. The van der Waals surface area contributed by atoms with Crippen molar-refractivity contribution in [1.29, 1.82) is 0 Å². The number of carbonyl (C=O) groups excluding carboxylic acids is 2. The van der Waals surface area contributed by atoms with Gasteiger partial charge in [0.15, 0.2) is 0 Å². The number of carbonyl (C=O) groups is 3. The molecule has 2 aromatic carbocycles. The molecule has 2 aromatic rings. The average molecular weight is 437 g/mol. The molecule has 32 heavy (non-hydrogen) atoms. The van der Waals surface area contributed by atoms with Crippen molar-refractivity contribution in [2.45, 2.75) is 31.3 Å². The maximum Gasteiger partial charge on any atom is 0.326 e. The average Bonchev–Trinajstić information content (AvgIpc) is 3.48. The van der Waals surface area contributed by atoms with Crippen molar-refractivity contribution in [3.05, 3.63) is 60.2 Å². The number of para-hydroxylation sites is 1. The lowest BCUT2D eigenvalue weighted by molar-refractivity contribution is -0.147. The first-order valence-corrected chi connectivity index (χ1v) is 10.9. The van der Waals surface area contributed by atoms with Gasteiger partial charge >= 0.3 is 5.97 Å². The zero-order valence-corrected chi connectivity index (χ0v) is 17.8. The number of ether oxygens (including phenoxy) is 1. The van der Waals surface area contributed by atoms with E-state index >= 15 is 0 Å². The minimum Gasteiger partial charge on any atom is -0.480 e. The van der Waals surface area contributed by atoms with E-state index in [0.717, 1.165) is 25.9 Å². The van der Waals surface area contributed by atoms with E-state index < -0.39 is 17.9 Å². The van der Waals surface area contributed by atoms with Crippen molar-refractivity contribution in [3.63, 3.8) is 0 Å². The second-order valence-corrected chi connectivity index (χ2v) is 8.15. The molecule has 8 nitrogen and oxygen atoms in total. The molecular weight excluding hydrogens is 410 g/mol. The number of nitrogens with zero attached hydrogens (tertiary/aromatic N) is 2. The Labute approximate surface area is 186 Å². The number of carboxylic acids is 1. The van der Waals surface area contributed by atoms with Crippen molar-refractivity contribution in [2.75, 3.05) is 26.2 Å². The van der Waals surface area contributed by atoms with Gasteiger partial charge in [0.25, 0.3) is 5.91 Å². The zero-order chi connectivity index (χ0) is 22.5.